The summed E-state index contributed by atoms with van der Waals surface area (Å²) in [5, 5.41) is 9.68. The predicted octanol–water partition coefficient (Wildman–Crippen LogP) is 15.5. The van der Waals surface area contributed by atoms with Crippen molar-refractivity contribution >= 4 is 71.3 Å². The zero-order valence-electron chi connectivity index (χ0n) is 30.6. The fourth-order valence-corrected chi connectivity index (χ4v) is 8.56. The largest absolute Gasteiger partial charge is 0.456 e. The molecule has 0 unspecified atom stereocenters. The van der Waals surface area contributed by atoms with Crippen molar-refractivity contribution in [2.75, 3.05) is 4.90 Å². The number of furan rings is 1. The Morgan fingerprint density at radius 3 is 1.25 bits per heavy atom. The van der Waals surface area contributed by atoms with Crippen molar-refractivity contribution < 1.29 is 4.42 Å². The molecular weight excluding hydrogens is 679 g/mol. The molecule has 0 saturated heterocycles. The highest BCUT2D eigenvalue weighted by molar-refractivity contribution is 6.34. The molecule has 0 radical (unpaired) electrons. The van der Waals surface area contributed by atoms with E-state index in [1.807, 2.05) is 6.07 Å². The van der Waals surface area contributed by atoms with Gasteiger partial charge in [-0.2, -0.15) is 0 Å². The van der Waals surface area contributed by atoms with E-state index in [-0.39, 0.29) is 0 Å². The highest BCUT2D eigenvalue weighted by Gasteiger charge is 2.19. The molecule has 56 heavy (non-hydrogen) atoms. The molecule has 1 heterocycles. The van der Waals surface area contributed by atoms with E-state index in [9.17, 15) is 0 Å². The van der Waals surface area contributed by atoms with Gasteiger partial charge in [0.05, 0.1) is 0 Å². The topological polar surface area (TPSA) is 16.4 Å². The summed E-state index contributed by atoms with van der Waals surface area (Å²) in [6, 6.07) is 76.4. The number of hydrogen-bond acceptors (Lipinski definition) is 2. The molecule has 0 aliphatic carbocycles. The zero-order valence-corrected chi connectivity index (χ0v) is 30.6. The van der Waals surface area contributed by atoms with Crippen LogP contribution in [0.15, 0.2) is 217 Å². The Kier molecular flexibility index (Phi) is 7.53. The highest BCUT2D eigenvalue weighted by atomic mass is 16.3. The molecule has 1 aromatic heterocycles. The normalized spacial score (nSPS) is 11.6. The van der Waals surface area contributed by atoms with Crippen molar-refractivity contribution in [2.45, 2.75) is 0 Å². The van der Waals surface area contributed by atoms with Gasteiger partial charge in [-0.1, -0.05) is 158 Å². The standard InChI is InChI=1S/C54H35NO/c1-3-11-36(12-4-1)38-19-21-39(22-20-38)41-25-29-43(30-26-41)55(42-27-23-40(24-28-42)37-13-5-2-6-14-37)44-31-32-46-45-15-7-8-16-47(45)53-48(50(46)35-44)33-34-52-54(53)49-17-9-10-18-51(49)56-52/h1-35H. The number of rotatable bonds is 6. The van der Waals surface area contributed by atoms with Gasteiger partial charge in [-0.15, -0.1) is 0 Å². The third-order valence-corrected chi connectivity index (χ3v) is 11.3. The Balaban J connectivity index is 1.08. The Morgan fingerprint density at radius 2 is 0.661 bits per heavy atom. The van der Waals surface area contributed by atoms with Gasteiger partial charge in [-0.3, -0.25) is 0 Å². The van der Waals surface area contributed by atoms with E-state index >= 15 is 0 Å². The monoisotopic (exact) mass is 713 g/mol. The van der Waals surface area contributed by atoms with Gasteiger partial charge in [0, 0.05) is 33.2 Å². The molecule has 0 N–H and O–H groups in total. The van der Waals surface area contributed by atoms with E-state index in [2.05, 4.69) is 211 Å². The van der Waals surface area contributed by atoms with Gasteiger partial charge < -0.3 is 9.32 Å². The number of fused-ring (bicyclic) bond motifs is 10. The summed E-state index contributed by atoms with van der Waals surface area (Å²) in [6.07, 6.45) is 0. The molecule has 0 fully saturated rings. The first kappa shape index (κ1) is 32.0. The van der Waals surface area contributed by atoms with E-state index in [1.165, 1.54) is 71.1 Å². The number of nitrogens with zero attached hydrogens (tertiary/aromatic N) is 1. The van der Waals surface area contributed by atoms with Crippen molar-refractivity contribution in [3.8, 4) is 33.4 Å². The van der Waals surface area contributed by atoms with Crippen LogP contribution in [0.25, 0.3) is 87.6 Å². The summed E-state index contributed by atoms with van der Waals surface area (Å²) in [4.78, 5) is 2.38. The fraction of sp³-hybridized carbons (Fsp3) is 0. The Morgan fingerprint density at radius 1 is 0.250 bits per heavy atom. The van der Waals surface area contributed by atoms with E-state index in [0.717, 1.165) is 33.6 Å². The molecular formula is C54H35NO. The average molecular weight is 714 g/mol. The molecule has 11 aromatic rings. The summed E-state index contributed by atoms with van der Waals surface area (Å²) in [7, 11) is 0. The molecule has 0 atom stereocenters. The maximum atomic E-state index is 6.40. The van der Waals surface area contributed by atoms with Crippen molar-refractivity contribution in [1.82, 2.24) is 0 Å². The van der Waals surface area contributed by atoms with Gasteiger partial charge in [-0.25, -0.2) is 0 Å². The molecule has 0 amide bonds. The maximum absolute atomic E-state index is 6.40. The van der Waals surface area contributed by atoms with Gasteiger partial charge >= 0.3 is 0 Å². The Bertz CT molecular complexity index is 3200. The van der Waals surface area contributed by atoms with E-state index in [1.54, 1.807) is 0 Å². The summed E-state index contributed by atoms with van der Waals surface area (Å²) >= 11 is 0. The van der Waals surface area contributed by atoms with Gasteiger partial charge in [0.2, 0.25) is 0 Å². The molecule has 262 valence electrons. The van der Waals surface area contributed by atoms with Crippen LogP contribution in [0.5, 0.6) is 0 Å². The van der Waals surface area contributed by atoms with E-state index in [0.29, 0.717) is 0 Å². The van der Waals surface area contributed by atoms with Crippen LogP contribution in [0, 0.1) is 0 Å². The predicted molar refractivity (Wildman–Crippen MR) is 237 cm³/mol. The van der Waals surface area contributed by atoms with Crippen LogP contribution in [0.4, 0.5) is 17.1 Å². The minimum absolute atomic E-state index is 0.911. The summed E-state index contributed by atoms with van der Waals surface area (Å²) in [6.45, 7) is 0. The van der Waals surface area contributed by atoms with Gasteiger partial charge in [-0.05, 0) is 115 Å². The van der Waals surface area contributed by atoms with Crippen LogP contribution in [-0.2, 0) is 0 Å². The highest BCUT2D eigenvalue weighted by Crippen LogP contribution is 2.45. The quantitative estimate of drug-likeness (QED) is 0.160. The van der Waals surface area contributed by atoms with Crippen LogP contribution >= 0.6 is 0 Å². The van der Waals surface area contributed by atoms with Crippen LogP contribution in [0.1, 0.15) is 0 Å². The van der Waals surface area contributed by atoms with E-state index in [4.69, 9.17) is 4.42 Å². The van der Waals surface area contributed by atoms with Crippen molar-refractivity contribution in [3.63, 3.8) is 0 Å². The first-order valence-corrected chi connectivity index (χ1v) is 19.2. The smallest absolute Gasteiger partial charge is 0.136 e. The van der Waals surface area contributed by atoms with Crippen LogP contribution in [0.3, 0.4) is 0 Å². The van der Waals surface area contributed by atoms with Gasteiger partial charge in [0.1, 0.15) is 11.2 Å². The summed E-state index contributed by atoms with van der Waals surface area (Å²) < 4.78 is 6.40. The second-order valence-electron chi connectivity index (χ2n) is 14.5. The van der Waals surface area contributed by atoms with E-state index < -0.39 is 0 Å². The van der Waals surface area contributed by atoms with Crippen molar-refractivity contribution in [1.29, 1.82) is 0 Å². The maximum Gasteiger partial charge on any atom is 0.136 e. The zero-order chi connectivity index (χ0) is 37.0. The lowest BCUT2D eigenvalue weighted by Gasteiger charge is -2.27. The molecule has 11 rings (SSSR count). The van der Waals surface area contributed by atoms with Crippen LogP contribution in [0.2, 0.25) is 0 Å². The third-order valence-electron chi connectivity index (χ3n) is 11.3. The molecule has 2 nitrogen and oxygen atoms in total. The second kappa shape index (κ2) is 13.2. The Labute approximate surface area is 325 Å². The summed E-state index contributed by atoms with van der Waals surface area (Å²) in [5.74, 6) is 0. The van der Waals surface area contributed by atoms with Crippen LogP contribution in [-0.4, -0.2) is 0 Å². The second-order valence-corrected chi connectivity index (χ2v) is 14.5. The Hall–Kier alpha value is -7.42. The molecule has 0 aliphatic heterocycles. The SMILES string of the molecule is c1ccc(-c2ccc(-c3ccc(N(c4ccc(-c5ccccc5)cc4)c4ccc5c6ccccc6c6c(ccc7oc8ccccc8c76)c5c4)cc3)cc2)cc1. The summed E-state index contributed by atoms with van der Waals surface area (Å²) in [5.41, 5.74) is 12.3. The van der Waals surface area contributed by atoms with Crippen molar-refractivity contribution in [3.05, 3.63) is 212 Å². The third kappa shape index (κ3) is 5.34. The molecule has 0 bridgehead atoms. The number of para-hydroxylation sites is 1. The molecule has 0 saturated carbocycles. The van der Waals surface area contributed by atoms with Crippen LogP contribution < -0.4 is 4.90 Å². The lowest BCUT2D eigenvalue weighted by Crippen LogP contribution is -2.10. The van der Waals surface area contributed by atoms with Crippen molar-refractivity contribution in [2.24, 2.45) is 0 Å². The average Bonchev–Trinajstić information content (AvgIpc) is 3.67. The van der Waals surface area contributed by atoms with Gasteiger partial charge in [0.15, 0.2) is 0 Å². The fourth-order valence-electron chi connectivity index (χ4n) is 8.56. The van der Waals surface area contributed by atoms with Gasteiger partial charge in [0.25, 0.3) is 0 Å². The molecule has 10 aromatic carbocycles. The first-order chi connectivity index (χ1) is 27.8. The number of benzene rings is 10. The molecule has 2 heteroatoms. The first-order valence-electron chi connectivity index (χ1n) is 19.2. The molecule has 0 spiro atoms. The molecule has 0 aliphatic rings. The lowest BCUT2D eigenvalue weighted by molar-refractivity contribution is 0.669. The number of anilines is 3. The lowest BCUT2D eigenvalue weighted by atomic mass is 9.91. The minimum atomic E-state index is 0.911. The minimum Gasteiger partial charge on any atom is -0.456 e. The number of hydrogen-bond donors (Lipinski definition) is 0.